The van der Waals surface area contributed by atoms with Crippen LogP contribution in [0.3, 0.4) is 0 Å². The van der Waals surface area contributed by atoms with Gasteiger partial charge in [-0.15, -0.1) is 0 Å². The van der Waals surface area contributed by atoms with Gasteiger partial charge in [-0.25, -0.2) is 0 Å². The number of anilines is 1. The number of nitrogens with zero attached hydrogens (tertiary/aromatic N) is 3. The highest BCUT2D eigenvalue weighted by Crippen LogP contribution is 2.23. The molecule has 2 aliphatic heterocycles. The van der Waals surface area contributed by atoms with E-state index in [0.29, 0.717) is 12.5 Å². The topological polar surface area (TPSA) is 43.9 Å². The van der Waals surface area contributed by atoms with E-state index in [-0.39, 0.29) is 11.8 Å². The molecule has 4 rings (SSSR count). The Balaban J connectivity index is 1.28. The molecule has 0 saturated carbocycles. The minimum atomic E-state index is 0.0522. The van der Waals surface area contributed by atoms with E-state index in [1.807, 2.05) is 24.1 Å². The summed E-state index contributed by atoms with van der Waals surface area (Å²) in [7, 11) is 1.87. The standard InChI is InChI=1S/C28H37N3O2/c1-22(32)30-18-14-24(15-19-30)20-23-6-10-26(11-7-23)28(33)29(2)21-25-8-12-27(13-9-25)31-16-4-3-5-17-31/h6-13,24H,3-5,14-21H2,1-2H3. The second-order valence-electron chi connectivity index (χ2n) is 9.73. The van der Waals surface area contributed by atoms with Crippen molar-refractivity contribution in [3.63, 3.8) is 0 Å². The minimum Gasteiger partial charge on any atom is -0.372 e. The Hall–Kier alpha value is -2.82. The molecular weight excluding hydrogens is 410 g/mol. The van der Waals surface area contributed by atoms with E-state index in [1.165, 1.54) is 30.5 Å². The van der Waals surface area contributed by atoms with Gasteiger partial charge < -0.3 is 14.7 Å². The van der Waals surface area contributed by atoms with Crippen molar-refractivity contribution in [3.05, 3.63) is 65.2 Å². The van der Waals surface area contributed by atoms with Gasteiger partial charge in [-0.2, -0.15) is 0 Å². The van der Waals surface area contributed by atoms with E-state index in [2.05, 4.69) is 41.3 Å². The number of likely N-dealkylation sites (tertiary alicyclic amines) is 1. The summed E-state index contributed by atoms with van der Waals surface area (Å²) in [6.45, 7) is 6.27. The van der Waals surface area contributed by atoms with Crippen LogP contribution in [0.5, 0.6) is 0 Å². The van der Waals surface area contributed by atoms with Crippen molar-refractivity contribution in [2.24, 2.45) is 5.92 Å². The summed E-state index contributed by atoms with van der Waals surface area (Å²) in [5.74, 6) is 0.840. The molecule has 0 atom stereocenters. The Kier molecular flexibility index (Phi) is 7.69. The fourth-order valence-electron chi connectivity index (χ4n) is 5.10. The number of hydrogen-bond donors (Lipinski definition) is 0. The second-order valence-corrected chi connectivity index (χ2v) is 9.73. The summed E-state index contributed by atoms with van der Waals surface area (Å²) in [6, 6.07) is 16.8. The first-order valence-electron chi connectivity index (χ1n) is 12.4. The molecule has 2 fully saturated rings. The molecule has 2 amide bonds. The predicted molar refractivity (Wildman–Crippen MR) is 133 cm³/mol. The molecule has 0 aromatic heterocycles. The van der Waals surface area contributed by atoms with Crippen LogP contribution in [0.15, 0.2) is 48.5 Å². The van der Waals surface area contributed by atoms with Crippen LogP contribution >= 0.6 is 0 Å². The van der Waals surface area contributed by atoms with Gasteiger partial charge in [0.25, 0.3) is 5.91 Å². The lowest BCUT2D eigenvalue weighted by molar-refractivity contribution is -0.130. The third kappa shape index (κ3) is 6.16. The van der Waals surface area contributed by atoms with Crippen molar-refractivity contribution < 1.29 is 9.59 Å². The zero-order valence-electron chi connectivity index (χ0n) is 20.1. The van der Waals surface area contributed by atoms with Crippen molar-refractivity contribution in [1.29, 1.82) is 0 Å². The molecule has 2 aromatic carbocycles. The summed E-state index contributed by atoms with van der Waals surface area (Å²) in [4.78, 5) is 30.6. The molecule has 2 aliphatic rings. The summed E-state index contributed by atoms with van der Waals surface area (Å²) < 4.78 is 0. The number of benzene rings is 2. The SMILES string of the molecule is CC(=O)N1CCC(Cc2ccc(C(=O)N(C)Cc3ccc(N4CCCCC4)cc3)cc2)CC1. The Labute approximate surface area is 198 Å². The Morgan fingerprint density at radius 3 is 2.06 bits per heavy atom. The molecule has 0 bridgehead atoms. The van der Waals surface area contributed by atoms with Gasteiger partial charge in [0.15, 0.2) is 0 Å². The predicted octanol–water partition coefficient (Wildman–Crippen LogP) is 4.75. The van der Waals surface area contributed by atoms with Gasteiger partial charge in [0.2, 0.25) is 5.91 Å². The first-order chi connectivity index (χ1) is 16.0. The molecule has 33 heavy (non-hydrogen) atoms. The van der Waals surface area contributed by atoms with Gasteiger partial charge in [0.05, 0.1) is 0 Å². The molecule has 0 radical (unpaired) electrons. The minimum absolute atomic E-state index is 0.0522. The first kappa shape index (κ1) is 23.3. The van der Waals surface area contributed by atoms with Crippen LogP contribution in [0.4, 0.5) is 5.69 Å². The Morgan fingerprint density at radius 2 is 1.45 bits per heavy atom. The normalized spacial score (nSPS) is 17.2. The maximum absolute atomic E-state index is 12.9. The molecule has 176 valence electrons. The number of carbonyl (C=O) groups is 2. The highest BCUT2D eigenvalue weighted by atomic mass is 16.2. The first-order valence-corrected chi connectivity index (χ1v) is 12.4. The van der Waals surface area contributed by atoms with Gasteiger partial charge in [-0.3, -0.25) is 9.59 Å². The number of piperidine rings is 2. The third-order valence-corrected chi connectivity index (χ3v) is 7.21. The number of hydrogen-bond acceptors (Lipinski definition) is 3. The lowest BCUT2D eigenvalue weighted by Crippen LogP contribution is -2.37. The number of rotatable bonds is 6. The van der Waals surface area contributed by atoms with Gasteiger partial charge in [0, 0.05) is 57.9 Å². The molecule has 0 spiro atoms. The fourth-order valence-corrected chi connectivity index (χ4v) is 5.10. The van der Waals surface area contributed by atoms with Gasteiger partial charge in [0.1, 0.15) is 0 Å². The highest BCUT2D eigenvalue weighted by molar-refractivity contribution is 5.94. The van der Waals surface area contributed by atoms with Crippen LogP contribution in [0.2, 0.25) is 0 Å². The van der Waals surface area contributed by atoms with Crippen LogP contribution in [0, 0.1) is 5.92 Å². The summed E-state index contributed by atoms with van der Waals surface area (Å²) >= 11 is 0. The maximum atomic E-state index is 12.9. The van der Waals surface area contributed by atoms with E-state index in [4.69, 9.17) is 0 Å². The Bertz CT molecular complexity index is 925. The van der Waals surface area contributed by atoms with Crippen molar-refractivity contribution in [2.75, 3.05) is 38.1 Å². The monoisotopic (exact) mass is 447 g/mol. The molecule has 2 heterocycles. The van der Waals surface area contributed by atoms with Crippen molar-refractivity contribution in [1.82, 2.24) is 9.80 Å². The van der Waals surface area contributed by atoms with Crippen molar-refractivity contribution in [2.45, 2.75) is 52.0 Å². The largest absolute Gasteiger partial charge is 0.372 e. The van der Waals surface area contributed by atoms with Crippen LogP contribution in [-0.2, 0) is 17.8 Å². The zero-order valence-corrected chi connectivity index (χ0v) is 20.1. The zero-order chi connectivity index (χ0) is 23.2. The Morgan fingerprint density at radius 1 is 0.848 bits per heavy atom. The number of amides is 2. The molecule has 5 heteroatoms. The molecule has 0 N–H and O–H groups in total. The van der Waals surface area contributed by atoms with E-state index in [9.17, 15) is 9.59 Å². The highest BCUT2D eigenvalue weighted by Gasteiger charge is 2.21. The molecule has 2 aromatic rings. The van der Waals surface area contributed by atoms with Gasteiger partial charge in [-0.05, 0) is 79.8 Å². The lowest BCUT2D eigenvalue weighted by atomic mass is 9.90. The molecular formula is C28H37N3O2. The molecule has 0 unspecified atom stereocenters. The molecule has 0 aliphatic carbocycles. The third-order valence-electron chi connectivity index (χ3n) is 7.21. The number of carbonyl (C=O) groups excluding carboxylic acids is 2. The van der Waals surface area contributed by atoms with E-state index in [1.54, 1.807) is 11.8 Å². The summed E-state index contributed by atoms with van der Waals surface area (Å²) in [6.07, 6.45) is 7.01. The summed E-state index contributed by atoms with van der Waals surface area (Å²) in [5, 5.41) is 0. The maximum Gasteiger partial charge on any atom is 0.253 e. The van der Waals surface area contributed by atoms with Crippen LogP contribution in [0.1, 0.15) is 60.5 Å². The molecule has 2 saturated heterocycles. The van der Waals surface area contributed by atoms with Crippen molar-refractivity contribution >= 4 is 17.5 Å². The van der Waals surface area contributed by atoms with Crippen LogP contribution in [0.25, 0.3) is 0 Å². The van der Waals surface area contributed by atoms with Crippen molar-refractivity contribution in [3.8, 4) is 0 Å². The van der Waals surface area contributed by atoms with Gasteiger partial charge >= 0.3 is 0 Å². The van der Waals surface area contributed by atoms with Crippen LogP contribution < -0.4 is 4.90 Å². The smallest absolute Gasteiger partial charge is 0.253 e. The van der Waals surface area contributed by atoms with E-state index < -0.39 is 0 Å². The lowest BCUT2D eigenvalue weighted by Gasteiger charge is -2.31. The average Bonchev–Trinajstić information content (AvgIpc) is 2.85. The fraction of sp³-hybridized carbons (Fsp3) is 0.500. The van der Waals surface area contributed by atoms with Gasteiger partial charge in [-0.1, -0.05) is 24.3 Å². The quantitative estimate of drug-likeness (QED) is 0.642. The van der Waals surface area contributed by atoms with Crippen LogP contribution in [-0.4, -0.2) is 54.8 Å². The average molecular weight is 448 g/mol. The summed E-state index contributed by atoms with van der Waals surface area (Å²) in [5.41, 5.74) is 4.44. The molecule has 5 nitrogen and oxygen atoms in total. The second kappa shape index (κ2) is 10.9. The van der Waals surface area contributed by atoms with E-state index >= 15 is 0 Å². The van der Waals surface area contributed by atoms with E-state index in [0.717, 1.165) is 56.6 Å².